The van der Waals surface area contributed by atoms with Crippen molar-refractivity contribution in [3.63, 3.8) is 0 Å². The van der Waals surface area contributed by atoms with Crippen molar-refractivity contribution in [2.75, 3.05) is 5.73 Å². The lowest BCUT2D eigenvalue weighted by Crippen LogP contribution is -2.19. The van der Waals surface area contributed by atoms with E-state index in [1.807, 2.05) is 19.2 Å². The fourth-order valence-electron chi connectivity index (χ4n) is 2.01. The molecule has 0 atom stereocenters. The molecule has 21 heavy (non-hydrogen) atoms. The van der Waals surface area contributed by atoms with E-state index in [9.17, 15) is 4.79 Å². The molecule has 0 amide bonds. The number of hydrogen-bond acceptors (Lipinski definition) is 7. The van der Waals surface area contributed by atoms with Crippen LogP contribution in [0.4, 0.5) is 5.13 Å². The maximum Gasteiger partial charge on any atom is 0.262 e. The third-order valence-corrected chi connectivity index (χ3v) is 6.18. The number of nitrogens with zero attached hydrogens (tertiary/aromatic N) is 3. The topological polar surface area (TPSA) is 73.8 Å². The summed E-state index contributed by atoms with van der Waals surface area (Å²) in [6, 6.07) is 0. The molecule has 2 N–H and O–H groups in total. The number of aryl methyl sites for hydroxylation is 2. The molecule has 0 aliphatic heterocycles. The zero-order chi connectivity index (χ0) is 15.1. The lowest BCUT2D eigenvalue weighted by atomic mass is 10.2. The van der Waals surface area contributed by atoms with Crippen LogP contribution in [-0.2, 0) is 12.8 Å². The Bertz CT molecular complexity index is 878. The van der Waals surface area contributed by atoms with E-state index in [-0.39, 0.29) is 5.56 Å². The highest BCUT2D eigenvalue weighted by atomic mass is 32.2. The first-order chi connectivity index (χ1) is 9.97. The minimum absolute atomic E-state index is 0.0159. The molecule has 0 spiro atoms. The summed E-state index contributed by atoms with van der Waals surface area (Å²) in [6.07, 6.45) is 0. The van der Waals surface area contributed by atoms with E-state index in [1.54, 1.807) is 23.0 Å². The Hall–Kier alpha value is -1.38. The molecular formula is C13H14N4OS3. The number of nitrogens with two attached hydrogens (primary N) is 1. The van der Waals surface area contributed by atoms with Gasteiger partial charge in [0, 0.05) is 23.1 Å². The highest BCUT2D eigenvalue weighted by Crippen LogP contribution is 2.29. The van der Waals surface area contributed by atoms with Crippen LogP contribution in [0.15, 0.2) is 15.3 Å². The Balaban J connectivity index is 1.99. The summed E-state index contributed by atoms with van der Waals surface area (Å²) in [5.74, 6) is 0.656. The standard InChI is InChI=1S/C13H14N4OS3/c1-6-7(2)21-10-9(6)11(18)17(3)13(16-10)20-5-8-4-19-12(14)15-8/h4H,5H2,1-3H3,(H2,14,15). The quantitative estimate of drug-likeness (QED) is 0.587. The van der Waals surface area contributed by atoms with Crippen molar-refractivity contribution in [3.05, 3.63) is 31.9 Å². The minimum Gasteiger partial charge on any atom is -0.375 e. The number of anilines is 1. The molecule has 3 aromatic heterocycles. The first kappa shape index (κ1) is 14.6. The second kappa shape index (κ2) is 5.43. The number of fused-ring (bicyclic) bond motifs is 1. The predicted molar refractivity (Wildman–Crippen MR) is 90.4 cm³/mol. The average Bonchev–Trinajstić information content (AvgIpc) is 2.97. The molecule has 3 heterocycles. The summed E-state index contributed by atoms with van der Waals surface area (Å²) in [5.41, 5.74) is 7.59. The van der Waals surface area contributed by atoms with Gasteiger partial charge in [-0.15, -0.1) is 22.7 Å². The largest absolute Gasteiger partial charge is 0.375 e. The highest BCUT2D eigenvalue weighted by molar-refractivity contribution is 7.98. The van der Waals surface area contributed by atoms with Crippen molar-refractivity contribution < 1.29 is 0 Å². The van der Waals surface area contributed by atoms with E-state index in [1.165, 1.54) is 23.1 Å². The van der Waals surface area contributed by atoms with Gasteiger partial charge < -0.3 is 5.73 Å². The number of thiophene rings is 1. The average molecular weight is 338 g/mol. The van der Waals surface area contributed by atoms with Crippen LogP contribution < -0.4 is 11.3 Å². The van der Waals surface area contributed by atoms with E-state index >= 15 is 0 Å². The molecule has 0 fully saturated rings. The van der Waals surface area contributed by atoms with Gasteiger partial charge in [-0.1, -0.05) is 11.8 Å². The molecule has 8 heteroatoms. The van der Waals surface area contributed by atoms with Crippen LogP contribution in [-0.4, -0.2) is 14.5 Å². The van der Waals surface area contributed by atoms with Crippen molar-refractivity contribution in [2.45, 2.75) is 24.8 Å². The highest BCUT2D eigenvalue weighted by Gasteiger charge is 2.15. The van der Waals surface area contributed by atoms with Crippen LogP contribution in [0.5, 0.6) is 0 Å². The zero-order valence-electron chi connectivity index (χ0n) is 11.8. The number of rotatable bonds is 3. The Morgan fingerprint density at radius 3 is 2.81 bits per heavy atom. The van der Waals surface area contributed by atoms with Gasteiger partial charge in [-0.3, -0.25) is 9.36 Å². The zero-order valence-corrected chi connectivity index (χ0v) is 14.3. The van der Waals surface area contributed by atoms with E-state index in [0.29, 0.717) is 16.0 Å². The molecule has 3 aromatic rings. The van der Waals surface area contributed by atoms with Crippen LogP contribution in [0.1, 0.15) is 16.1 Å². The first-order valence-corrected chi connectivity index (χ1v) is 8.95. The van der Waals surface area contributed by atoms with Gasteiger partial charge in [0.05, 0.1) is 11.1 Å². The molecule has 110 valence electrons. The van der Waals surface area contributed by atoms with Crippen LogP contribution in [0, 0.1) is 13.8 Å². The number of aromatic nitrogens is 3. The van der Waals surface area contributed by atoms with E-state index in [2.05, 4.69) is 9.97 Å². The Morgan fingerprint density at radius 2 is 2.14 bits per heavy atom. The Kier molecular flexibility index (Phi) is 3.76. The SMILES string of the molecule is Cc1sc2nc(SCc3csc(N)n3)n(C)c(=O)c2c1C. The summed E-state index contributed by atoms with van der Waals surface area (Å²) in [7, 11) is 1.76. The maximum atomic E-state index is 12.5. The van der Waals surface area contributed by atoms with Crippen LogP contribution >= 0.6 is 34.4 Å². The third kappa shape index (κ3) is 2.58. The Labute approximate surface area is 133 Å². The van der Waals surface area contributed by atoms with Gasteiger partial charge in [0.25, 0.3) is 5.56 Å². The molecule has 5 nitrogen and oxygen atoms in total. The summed E-state index contributed by atoms with van der Waals surface area (Å²) >= 11 is 4.50. The lowest BCUT2D eigenvalue weighted by molar-refractivity contribution is 0.727. The third-order valence-electron chi connectivity index (χ3n) is 3.29. The smallest absolute Gasteiger partial charge is 0.262 e. The van der Waals surface area contributed by atoms with E-state index in [4.69, 9.17) is 5.73 Å². The summed E-state index contributed by atoms with van der Waals surface area (Å²) < 4.78 is 1.61. The first-order valence-electron chi connectivity index (χ1n) is 6.26. The van der Waals surface area contributed by atoms with Gasteiger partial charge in [0.1, 0.15) is 4.83 Å². The van der Waals surface area contributed by atoms with Gasteiger partial charge in [-0.05, 0) is 19.4 Å². The molecule has 0 aromatic carbocycles. The second-order valence-electron chi connectivity index (χ2n) is 4.69. The normalized spacial score (nSPS) is 11.4. The molecule has 0 saturated carbocycles. The molecule has 0 radical (unpaired) electrons. The fourth-order valence-corrected chi connectivity index (χ4v) is 4.62. The molecule has 0 saturated heterocycles. The van der Waals surface area contributed by atoms with E-state index in [0.717, 1.165) is 26.4 Å². The molecule has 0 unspecified atom stereocenters. The number of hydrogen-bond donors (Lipinski definition) is 1. The summed E-state index contributed by atoms with van der Waals surface area (Å²) in [5, 5.41) is 3.94. The lowest BCUT2D eigenvalue weighted by Gasteiger charge is -2.06. The second-order valence-corrected chi connectivity index (χ2v) is 7.72. The van der Waals surface area contributed by atoms with Gasteiger partial charge in [-0.2, -0.15) is 0 Å². The molecule has 0 aliphatic carbocycles. The van der Waals surface area contributed by atoms with Crippen molar-refractivity contribution >= 4 is 49.8 Å². The van der Waals surface area contributed by atoms with Crippen molar-refractivity contribution in [2.24, 2.45) is 7.05 Å². The molecule has 0 aliphatic rings. The fraction of sp³-hybridized carbons (Fsp3) is 0.308. The van der Waals surface area contributed by atoms with Gasteiger partial charge >= 0.3 is 0 Å². The van der Waals surface area contributed by atoms with Gasteiger partial charge in [0.2, 0.25) is 0 Å². The van der Waals surface area contributed by atoms with E-state index < -0.39 is 0 Å². The maximum absolute atomic E-state index is 12.5. The summed E-state index contributed by atoms with van der Waals surface area (Å²) in [4.78, 5) is 23.3. The van der Waals surface area contributed by atoms with Crippen LogP contribution in [0.3, 0.4) is 0 Å². The number of thioether (sulfide) groups is 1. The summed E-state index contributed by atoms with van der Waals surface area (Å²) in [6.45, 7) is 3.99. The minimum atomic E-state index is 0.0159. The Morgan fingerprint density at radius 1 is 1.38 bits per heavy atom. The van der Waals surface area contributed by atoms with Crippen molar-refractivity contribution in [1.29, 1.82) is 0 Å². The predicted octanol–water partition coefficient (Wildman–Crippen LogP) is 2.94. The van der Waals surface area contributed by atoms with Crippen LogP contribution in [0.25, 0.3) is 10.2 Å². The molecule has 0 bridgehead atoms. The van der Waals surface area contributed by atoms with Crippen molar-refractivity contribution in [3.8, 4) is 0 Å². The molecule has 3 rings (SSSR count). The van der Waals surface area contributed by atoms with Gasteiger partial charge in [-0.25, -0.2) is 9.97 Å². The monoisotopic (exact) mass is 338 g/mol. The molecular weight excluding hydrogens is 324 g/mol. The van der Waals surface area contributed by atoms with Crippen molar-refractivity contribution in [1.82, 2.24) is 14.5 Å². The number of nitrogen functional groups attached to an aromatic ring is 1. The van der Waals surface area contributed by atoms with Gasteiger partial charge in [0.15, 0.2) is 10.3 Å². The number of thiazole rings is 1. The van der Waals surface area contributed by atoms with Crippen LogP contribution in [0.2, 0.25) is 0 Å².